The van der Waals surface area contributed by atoms with Gasteiger partial charge in [0.05, 0.1) is 18.9 Å². The number of hydrogen-bond donors (Lipinski definition) is 1. The highest BCUT2D eigenvalue weighted by Gasteiger charge is 2.22. The molecular weight excluding hydrogens is 242 g/mol. The van der Waals surface area contributed by atoms with Crippen molar-refractivity contribution in [3.8, 4) is 5.75 Å². The first kappa shape index (κ1) is 11.8. The molecule has 98 valence electrons. The van der Waals surface area contributed by atoms with Crippen LogP contribution in [-0.4, -0.2) is 12.5 Å². The Labute approximate surface area is 111 Å². The minimum Gasteiger partial charge on any atom is -0.493 e. The van der Waals surface area contributed by atoms with Gasteiger partial charge in [-0.05, 0) is 31.0 Å². The lowest BCUT2D eigenvalue weighted by atomic mass is 10.0. The summed E-state index contributed by atoms with van der Waals surface area (Å²) in [5.41, 5.74) is 1.03. The van der Waals surface area contributed by atoms with Gasteiger partial charge in [0.15, 0.2) is 5.76 Å². The maximum Gasteiger partial charge on any atom is 0.287 e. The van der Waals surface area contributed by atoms with Gasteiger partial charge >= 0.3 is 0 Å². The minimum absolute atomic E-state index is 0.0312. The third-order valence-corrected chi connectivity index (χ3v) is 3.24. The maximum atomic E-state index is 12.1. The molecule has 1 aliphatic heterocycles. The van der Waals surface area contributed by atoms with Gasteiger partial charge in [-0.2, -0.15) is 0 Å². The average molecular weight is 257 g/mol. The summed E-state index contributed by atoms with van der Waals surface area (Å²) in [7, 11) is 0. The minimum atomic E-state index is -0.188. The summed E-state index contributed by atoms with van der Waals surface area (Å²) in [5.74, 6) is 0.999. The monoisotopic (exact) mass is 257 g/mol. The van der Waals surface area contributed by atoms with E-state index in [-0.39, 0.29) is 11.9 Å². The van der Waals surface area contributed by atoms with Crippen molar-refractivity contribution in [1.29, 1.82) is 0 Å². The fraction of sp³-hybridized carbons (Fsp3) is 0.267. The van der Waals surface area contributed by atoms with E-state index < -0.39 is 0 Å². The Morgan fingerprint density at radius 2 is 2.11 bits per heavy atom. The summed E-state index contributed by atoms with van der Waals surface area (Å²) >= 11 is 0. The van der Waals surface area contributed by atoms with Gasteiger partial charge in [0, 0.05) is 5.56 Å². The lowest BCUT2D eigenvalue weighted by Crippen LogP contribution is -2.28. The molecule has 1 amide bonds. The maximum absolute atomic E-state index is 12.1. The van der Waals surface area contributed by atoms with Crippen LogP contribution < -0.4 is 10.1 Å². The number of hydrogen-bond acceptors (Lipinski definition) is 3. The van der Waals surface area contributed by atoms with Gasteiger partial charge in [-0.1, -0.05) is 18.2 Å². The molecule has 1 N–H and O–H groups in total. The lowest BCUT2D eigenvalue weighted by Gasteiger charge is -2.17. The van der Waals surface area contributed by atoms with Crippen molar-refractivity contribution in [1.82, 2.24) is 5.32 Å². The Hall–Kier alpha value is -2.23. The normalized spacial score (nSPS) is 18.0. The van der Waals surface area contributed by atoms with E-state index in [1.165, 1.54) is 6.26 Å². The van der Waals surface area contributed by atoms with E-state index >= 15 is 0 Å². The molecule has 2 aromatic rings. The summed E-state index contributed by atoms with van der Waals surface area (Å²) in [6, 6.07) is 11.2. The molecule has 0 fully saturated rings. The summed E-state index contributed by atoms with van der Waals surface area (Å²) in [4.78, 5) is 12.1. The van der Waals surface area contributed by atoms with Crippen molar-refractivity contribution < 1.29 is 13.9 Å². The average Bonchev–Trinajstić information content (AvgIpc) is 2.90. The number of fused-ring (bicyclic) bond motifs is 1. The summed E-state index contributed by atoms with van der Waals surface area (Å²) in [6.07, 6.45) is 3.28. The highest BCUT2D eigenvalue weighted by atomic mass is 16.5. The molecule has 0 spiro atoms. The molecule has 0 bridgehead atoms. The number of furan rings is 1. The number of ether oxygens (including phenoxy) is 1. The molecular formula is C15H15NO3. The van der Waals surface area contributed by atoms with Crippen LogP contribution in [0.15, 0.2) is 47.1 Å². The highest BCUT2D eigenvalue weighted by Crippen LogP contribution is 2.31. The van der Waals surface area contributed by atoms with Crippen molar-refractivity contribution in [3.05, 3.63) is 54.0 Å². The standard InChI is InChI=1S/C15H15NO3/c17-15(14-8-4-10-19-14)16-12-6-3-9-18-13-7-2-1-5-11(12)13/h1-2,4-5,7-8,10,12H,3,6,9H2,(H,16,17)/t12-/m1/s1. The van der Waals surface area contributed by atoms with E-state index in [1.54, 1.807) is 12.1 Å². The third-order valence-electron chi connectivity index (χ3n) is 3.24. The SMILES string of the molecule is O=C(N[C@@H]1CCCOc2ccccc21)c1ccco1. The zero-order chi connectivity index (χ0) is 13.1. The highest BCUT2D eigenvalue weighted by molar-refractivity contribution is 5.91. The van der Waals surface area contributed by atoms with Gasteiger partial charge in [0.1, 0.15) is 5.75 Å². The smallest absolute Gasteiger partial charge is 0.287 e. The predicted molar refractivity (Wildman–Crippen MR) is 70.1 cm³/mol. The van der Waals surface area contributed by atoms with Crippen LogP contribution in [0.1, 0.15) is 35.0 Å². The summed E-state index contributed by atoms with van der Waals surface area (Å²) < 4.78 is 10.8. The molecule has 19 heavy (non-hydrogen) atoms. The number of para-hydroxylation sites is 1. The van der Waals surface area contributed by atoms with Crippen LogP contribution in [0.25, 0.3) is 0 Å². The summed E-state index contributed by atoms with van der Waals surface area (Å²) in [5, 5.41) is 3.00. The van der Waals surface area contributed by atoms with Crippen LogP contribution in [0.3, 0.4) is 0 Å². The van der Waals surface area contributed by atoms with Gasteiger partial charge < -0.3 is 14.5 Å². The van der Waals surface area contributed by atoms with Crippen molar-refractivity contribution in [3.63, 3.8) is 0 Å². The first-order chi connectivity index (χ1) is 9.34. The molecule has 1 aromatic heterocycles. The summed E-state index contributed by atoms with van der Waals surface area (Å²) in [6.45, 7) is 0.685. The van der Waals surface area contributed by atoms with Gasteiger partial charge in [-0.3, -0.25) is 4.79 Å². The number of amides is 1. The molecule has 4 heteroatoms. The molecule has 0 radical (unpaired) electrons. The quantitative estimate of drug-likeness (QED) is 0.900. The lowest BCUT2D eigenvalue weighted by molar-refractivity contribution is 0.0906. The molecule has 0 saturated carbocycles. The second-order valence-electron chi connectivity index (χ2n) is 4.53. The van der Waals surface area contributed by atoms with Crippen molar-refractivity contribution in [2.24, 2.45) is 0 Å². The van der Waals surface area contributed by atoms with Gasteiger partial charge in [0.2, 0.25) is 0 Å². The van der Waals surface area contributed by atoms with E-state index in [4.69, 9.17) is 9.15 Å². The van der Waals surface area contributed by atoms with E-state index in [0.717, 1.165) is 24.2 Å². The zero-order valence-corrected chi connectivity index (χ0v) is 10.5. The van der Waals surface area contributed by atoms with Crippen molar-refractivity contribution in [2.75, 3.05) is 6.61 Å². The zero-order valence-electron chi connectivity index (χ0n) is 10.5. The van der Waals surface area contributed by atoms with Crippen LogP contribution in [0.5, 0.6) is 5.75 Å². The van der Waals surface area contributed by atoms with Crippen molar-refractivity contribution in [2.45, 2.75) is 18.9 Å². The molecule has 0 saturated heterocycles. The molecule has 0 aliphatic carbocycles. The fourth-order valence-corrected chi connectivity index (χ4v) is 2.31. The van der Waals surface area contributed by atoms with E-state index in [1.807, 2.05) is 24.3 Å². The molecule has 1 aliphatic rings. The van der Waals surface area contributed by atoms with E-state index in [0.29, 0.717) is 12.4 Å². The Morgan fingerprint density at radius 3 is 2.95 bits per heavy atom. The molecule has 1 aromatic carbocycles. The number of carbonyl (C=O) groups excluding carboxylic acids is 1. The van der Waals surface area contributed by atoms with Crippen LogP contribution in [0.4, 0.5) is 0 Å². The fourth-order valence-electron chi connectivity index (χ4n) is 2.31. The second kappa shape index (κ2) is 5.18. The molecule has 0 unspecified atom stereocenters. The van der Waals surface area contributed by atoms with Gasteiger partial charge in [0.25, 0.3) is 5.91 Å². The molecule has 3 rings (SSSR count). The Kier molecular flexibility index (Phi) is 3.23. The number of rotatable bonds is 2. The molecule has 1 atom stereocenters. The third kappa shape index (κ3) is 2.47. The molecule has 2 heterocycles. The Bertz CT molecular complexity index is 563. The van der Waals surface area contributed by atoms with Gasteiger partial charge in [-0.15, -0.1) is 0 Å². The number of carbonyl (C=O) groups is 1. The van der Waals surface area contributed by atoms with Crippen LogP contribution in [-0.2, 0) is 0 Å². The first-order valence-corrected chi connectivity index (χ1v) is 6.41. The molecule has 4 nitrogen and oxygen atoms in total. The van der Waals surface area contributed by atoms with Crippen LogP contribution in [0.2, 0.25) is 0 Å². The second-order valence-corrected chi connectivity index (χ2v) is 4.53. The van der Waals surface area contributed by atoms with Crippen molar-refractivity contribution >= 4 is 5.91 Å². The predicted octanol–water partition coefficient (Wildman–Crippen LogP) is 2.92. The topological polar surface area (TPSA) is 51.5 Å². The number of nitrogens with one attached hydrogen (secondary N) is 1. The largest absolute Gasteiger partial charge is 0.493 e. The Morgan fingerprint density at radius 1 is 1.21 bits per heavy atom. The first-order valence-electron chi connectivity index (χ1n) is 6.41. The Balaban J connectivity index is 1.83. The number of benzene rings is 1. The van der Waals surface area contributed by atoms with E-state index in [9.17, 15) is 4.79 Å². The van der Waals surface area contributed by atoms with E-state index in [2.05, 4.69) is 5.32 Å². The van der Waals surface area contributed by atoms with Crippen LogP contribution >= 0.6 is 0 Å². The van der Waals surface area contributed by atoms with Crippen LogP contribution in [0, 0.1) is 0 Å². The van der Waals surface area contributed by atoms with Gasteiger partial charge in [-0.25, -0.2) is 0 Å².